The normalized spacial score (nSPS) is 18.6. The van der Waals surface area contributed by atoms with Gasteiger partial charge in [0.2, 0.25) is 0 Å². The minimum absolute atomic E-state index is 0.326. The van der Waals surface area contributed by atoms with Crippen LogP contribution in [0.5, 0.6) is 0 Å². The van der Waals surface area contributed by atoms with Crippen molar-refractivity contribution in [3.63, 3.8) is 0 Å². The molecule has 0 heterocycles. The van der Waals surface area contributed by atoms with E-state index in [1.807, 2.05) is 20.8 Å². The number of hydrogen-bond acceptors (Lipinski definition) is 3. The van der Waals surface area contributed by atoms with Crippen LogP contribution in [0.3, 0.4) is 0 Å². The summed E-state index contributed by atoms with van der Waals surface area (Å²) in [5.74, 6) is 0. The predicted molar refractivity (Wildman–Crippen MR) is 40.5 cm³/mol. The monoisotopic (exact) mass is 147 g/mol. The highest BCUT2D eigenvalue weighted by molar-refractivity contribution is 4.64. The van der Waals surface area contributed by atoms with Crippen LogP contribution in [0.2, 0.25) is 0 Å². The number of ether oxygens (including phenoxy) is 1. The van der Waals surface area contributed by atoms with Crippen LogP contribution < -0.4 is 5.73 Å². The van der Waals surface area contributed by atoms with E-state index >= 15 is 0 Å². The number of hydrogen-bond donors (Lipinski definition) is 2. The highest BCUT2D eigenvalue weighted by Gasteiger charge is 2.18. The number of aliphatic hydroxyl groups excluding tert-OH is 1. The lowest BCUT2D eigenvalue weighted by Gasteiger charge is -2.25. The lowest BCUT2D eigenvalue weighted by atomic mass is 10.2. The van der Waals surface area contributed by atoms with Gasteiger partial charge in [0.05, 0.1) is 11.6 Å². The molecule has 0 amide bonds. The van der Waals surface area contributed by atoms with Crippen LogP contribution in [0.4, 0.5) is 0 Å². The molecule has 0 radical (unpaired) electrons. The first-order chi connectivity index (χ1) is 4.33. The van der Waals surface area contributed by atoms with E-state index in [2.05, 4.69) is 0 Å². The van der Waals surface area contributed by atoms with Crippen molar-refractivity contribution in [2.45, 2.75) is 45.6 Å². The summed E-state index contributed by atoms with van der Waals surface area (Å²) in [5, 5.41) is 9.11. The van der Waals surface area contributed by atoms with Crippen LogP contribution in [0.1, 0.15) is 27.7 Å². The number of aliphatic hydroxyl groups is 1. The van der Waals surface area contributed by atoms with Gasteiger partial charge in [-0.25, -0.2) is 0 Å². The summed E-state index contributed by atoms with van der Waals surface area (Å²) in [6.45, 7) is 7.33. The van der Waals surface area contributed by atoms with E-state index in [0.29, 0.717) is 0 Å². The Hall–Kier alpha value is -0.120. The molecule has 0 aromatic rings. The van der Waals surface area contributed by atoms with Crippen molar-refractivity contribution in [2.24, 2.45) is 5.73 Å². The van der Waals surface area contributed by atoms with Crippen molar-refractivity contribution in [1.82, 2.24) is 0 Å². The molecule has 1 unspecified atom stereocenters. The molecule has 62 valence electrons. The van der Waals surface area contributed by atoms with Crippen LogP contribution in [-0.4, -0.2) is 23.0 Å². The van der Waals surface area contributed by atoms with Crippen LogP contribution in [-0.2, 0) is 4.74 Å². The van der Waals surface area contributed by atoms with Crippen molar-refractivity contribution < 1.29 is 9.84 Å². The van der Waals surface area contributed by atoms with Crippen LogP contribution >= 0.6 is 0 Å². The summed E-state index contributed by atoms with van der Waals surface area (Å²) in [7, 11) is 0. The first kappa shape index (κ1) is 9.88. The van der Waals surface area contributed by atoms with Gasteiger partial charge in [0.1, 0.15) is 0 Å². The van der Waals surface area contributed by atoms with Gasteiger partial charge >= 0.3 is 0 Å². The molecule has 0 aromatic carbocycles. The van der Waals surface area contributed by atoms with Gasteiger partial charge in [-0.05, 0) is 27.7 Å². The molecule has 0 saturated heterocycles. The van der Waals surface area contributed by atoms with E-state index < -0.39 is 6.29 Å². The fourth-order valence-electron chi connectivity index (χ4n) is 0.470. The minimum Gasteiger partial charge on any atom is -0.367 e. The highest BCUT2D eigenvalue weighted by atomic mass is 16.6. The zero-order valence-electron chi connectivity index (χ0n) is 7.09. The standard InChI is InChI=1S/C7H17NO2/c1-5(8)6(9)10-7(2,3)4/h5-6,9H,8H2,1-4H3/t5-,6?/m0/s1. The predicted octanol–water partition coefficient (Wildman–Crippen LogP) is 0.467. The molecule has 10 heavy (non-hydrogen) atoms. The SMILES string of the molecule is C[C@H](N)C(O)OC(C)(C)C. The summed E-state index contributed by atoms with van der Waals surface area (Å²) >= 11 is 0. The molecule has 0 rings (SSSR count). The fraction of sp³-hybridized carbons (Fsp3) is 1.00. The van der Waals surface area contributed by atoms with E-state index in [4.69, 9.17) is 15.6 Å². The Morgan fingerprint density at radius 3 is 1.90 bits per heavy atom. The highest BCUT2D eigenvalue weighted by Crippen LogP contribution is 2.10. The van der Waals surface area contributed by atoms with Crippen LogP contribution in [0.15, 0.2) is 0 Å². The summed E-state index contributed by atoms with van der Waals surface area (Å²) in [5.41, 5.74) is 5.04. The fourth-order valence-corrected chi connectivity index (χ4v) is 0.470. The summed E-state index contributed by atoms with van der Waals surface area (Å²) in [6.07, 6.45) is -0.861. The third-order valence-electron chi connectivity index (χ3n) is 0.924. The molecule has 3 nitrogen and oxygen atoms in total. The van der Waals surface area contributed by atoms with Crippen molar-refractivity contribution in [2.75, 3.05) is 0 Å². The summed E-state index contributed by atoms with van der Waals surface area (Å²) in [6, 6.07) is -0.334. The van der Waals surface area contributed by atoms with Gasteiger partial charge in [-0.3, -0.25) is 0 Å². The first-order valence-corrected chi connectivity index (χ1v) is 3.44. The topological polar surface area (TPSA) is 55.5 Å². The second-order valence-corrected chi connectivity index (χ2v) is 3.48. The zero-order valence-corrected chi connectivity index (χ0v) is 7.09. The van der Waals surface area contributed by atoms with Crippen molar-refractivity contribution in [3.8, 4) is 0 Å². The van der Waals surface area contributed by atoms with E-state index in [-0.39, 0.29) is 11.6 Å². The maximum atomic E-state index is 9.11. The molecule has 2 atom stereocenters. The quantitative estimate of drug-likeness (QED) is 0.558. The summed E-state index contributed by atoms with van der Waals surface area (Å²) in [4.78, 5) is 0. The maximum absolute atomic E-state index is 9.11. The molecular weight excluding hydrogens is 130 g/mol. The average Bonchev–Trinajstić information content (AvgIpc) is 1.60. The second kappa shape index (κ2) is 3.32. The van der Waals surface area contributed by atoms with E-state index in [1.165, 1.54) is 0 Å². The van der Waals surface area contributed by atoms with Gasteiger partial charge in [-0.15, -0.1) is 0 Å². The smallest absolute Gasteiger partial charge is 0.170 e. The molecule has 0 aliphatic rings. The molecule has 3 heteroatoms. The van der Waals surface area contributed by atoms with E-state index in [9.17, 15) is 0 Å². The van der Waals surface area contributed by atoms with Crippen molar-refractivity contribution >= 4 is 0 Å². The van der Waals surface area contributed by atoms with Gasteiger partial charge in [-0.2, -0.15) is 0 Å². The Kier molecular flexibility index (Phi) is 3.28. The molecular formula is C7H17NO2. The van der Waals surface area contributed by atoms with Crippen LogP contribution in [0, 0.1) is 0 Å². The Balaban J connectivity index is 3.68. The zero-order chi connectivity index (χ0) is 8.36. The molecule has 0 aromatic heterocycles. The van der Waals surface area contributed by atoms with Gasteiger partial charge < -0.3 is 15.6 Å². The van der Waals surface area contributed by atoms with Gasteiger partial charge in [0.15, 0.2) is 6.29 Å². The molecule has 0 aliphatic heterocycles. The van der Waals surface area contributed by atoms with Crippen molar-refractivity contribution in [1.29, 1.82) is 0 Å². The first-order valence-electron chi connectivity index (χ1n) is 3.44. The Labute approximate surface area is 62.2 Å². The number of nitrogens with two attached hydrogens (primary N) is 1. The lowest BCUT2D eigenvalue weighted by Crippen LogP contribution is -2.39. The maximum Gasteiger partial charge on any atom is 0.170 e. The average molecular weight is 147 g/mol. The molecule has 0 bridgehead atoms. The van der Waals surface area contributed by atoms with Gasteiger partial charge in [0.25, 0.3) is 0 Å². The number of rotatable bonds is 2. The lowest BCUT2D eigenvalue weighted by molar-refractivity contribution is -0.173. The molecule has 3 N–H and O–H groups in total. The third-order valence-corrected chi connectivity index (χ3v) is 0.924. The largest absolute Gasteiger partial charge is 0.367 e. The van der Waals surface area contributed by atoms with Crippen molar-refractivity contribution in [3.05, 3.63) is 0 Å². The molecule has 0 saturated carbocycles. The Bertz CT molecular complexity index is 96.3. The van der Waals surface area contributed by atoms with Gasteiger partial charge in [0, 0.05) is 0 Å². The van der Waals surface area contributed by atoms with Crippen LogP contribution in [0.25, 0.3) is 0 Å². The third kappa shape index (κ3) is 4.73. The van der Waals surface area contributed by atoms with Gasteiger partial charge in [-0.1, -0.05) is 0 Å². The second-order valence-electron chi connectivity index (χ2n) is 3.48. The minimum atomic E-state index is -0.861. The molecule has 0 spiro atoms. The van der Waals surface area contributed by atoms with E-state index in [0.717, 1.165) is 0 Å². The molecule has 0 fully saturated rings. The molecule has 0 aliphatic carbocycles. The Morgan fingerprint density at radius 2 is 1.80 bits per heavy atom. The van der Waals surface area contributed by atoms with E-state index in [1.54, 1.807) is 6.92 Å². The summed E-state index contributed by atoms with van der Waals surface area (Å²) < 4.78 is 5.13. The Morgan fingerprint density at radius 1 is 1.40 bits per heavy atom.